The zero-order chi connectivity index (χ0) is 31.4. The van der Waals surface area contributed by atoms with Crippen LogP contribution in [-0.4, -0.2) is 9.13 Å². The number of hydrogen-bond acceptors (Lipinski definition) is 4. The Morgan fingerprint density at radius 1 is 0.348 bits per heavy atom. The van der Waals surface area contributed by atoms with E-state index in [0.717, 1.165) is 66.1 Å². The Labute approximate surface area is 263 Å². The third-order valence-corrected chi connectivity index (χ3v) is 8.68. The molecule has 0 spiro atoms. The van der Waals surface area contributed by atoms with Crippen LogP contribution in [0, 0.1) is 45.3 Å². The lowest BCUT2D eigenvalue weighted by atomic mass is 10.0. The van der Waals surface area contributed by atoms with Gasteiger partial charge in [0.1, 0.15) is 24.3 Å². The van der Waals surface area contributed by atoms with Gasteiger partial charge in [-0.05, 0) is 83.9 Å². The van der Waals surface area contributed by atoms with Crippen LogP contribution < -0.4 is 0 Å². The molecule has 0 unspecified atom stereocenters. The summed E-state index contributed by atoms with van der Waals surface area (Å²) in [5, 5.41) is 42.6. The first-order chi connectivity index (χ1) is 22.6. The maximum Gasteiger partial charge on any atom is 0.101 e. The van der Waals surface area contributed by atoms with Crippen LogP contribution in [0.25, 0.3) is 66.1 Å². The van der Waals surface area contributed by atoms with Crippen molar-refractivity contribution in [3.63, 3.8) is 0 Å². The van der Waals surface area contributed by atoms with E-state index in [1.54, 1.807) is 24.3 Å². The van der Waals surface area contributed by atoms with Crippen LogP contribution in [0.3, 0.4) is 0 Å². The van der Waals surface area contributed by atoms with E-state index in [2.05, 4.69) is 94.1 Å². The average Bonchev–Trinajstić information content (AvgIpc) is 3.63. The molecule has 0 saturated carbocycles. The standard InChI is InChI=1S/C40H20N6/c41-21-27-9-13-31(17-29(27)23-43)45-37-7-3-1-5-33(37)35-19-25(11-15-39(35)45)26-12-16-40-36(20-26)34-6-2-4-8-38(34)46(40)32-14-10-28(22-42)30(18-32)24-44/h1-20H. The minimum Gasteiger partial charge on any atom is -0.309 e. The summed E-state index contributed by atoms with van der Waals surface area (Å²) in [4.78, 5) is 0. The van der Waals surface area contributed by atoms with Gasteiger partial charge in [-0.1, -0.05) is 48.5 Å². The highest BCUT2D eigenvalue weighted by atomic mass is 15.0. The molecule has 6 aromatic carbocycles. The Bertz CT molecular complexity index is 2560. The smallest absolute Gasteiger partial charge is 0.101 e. The zero-order valence-corrected chi connectivity index (χ0v) is 24.2. The molecule has 0 aliphatic rings. The highest BCUT2D eigenvalue weighted by Crippen LogP contribution is 2.38. The van der Waals surface area contributed by atoms with Crippen molar-refractivity contribution in [3.8, 4) is 46.8 Å². The molecular weight excluding hydrogens is 564 g/mol. The van der Waals surface area contributed by atoms with E-state index in [1.165, 1.54) is 0 Å². The molecule has 0 aliphatic heterocycles. The summed E-state index contributed by atoms with van der Waals surface area (Å²) in [6.45, 7) is 0. The van der Waals surface area contributed by atoms with Crippen LogP contribution in [0.5, 0.6) is 0 Å². The number of nitrogens with zero attached hydrogens (tertiary/aromatic N) is 6. The number of hydrogen-bond donors (Lipinski definition) is 0. The quantitative estimate of drug-likeness (QED) is 0.207. The van der Waals surface area contributed by atoms with Crippen molar-refractivity contribution in [1.29, 1.82) is 21.0 Å². The van der Waals surface area contributed by atoms with Gasteiger partial charge in [0.25, 0.3) is 0 Å². The molecule has 6 nitrogen and oxygen atoms in total. The molecule has 6 heteroatoms. The number of aromatic nitrogens is 2. The second kappa shape index (κ2) is 10.3. The van der Waals surface area contributed by atoms with Gasteiger partial charge in [0, 0.05) is 32.9 Å². The molecule has 0 saturated heterocycles. The second-order valence-corrected chi connectivity index (χ2v) is 11.1. The summed E-state index contributed by atoms with van der Waals surface area (Å²) >= 11 is 0. The summed E-state index contributed by atoms with van der Waals surface area (Å²) in [7, 11) is 0. The van der Waals surface area contributed by atoms with Gasteiger partial charge in [-0.2, -0.15) is 21.0 Å². The SMILES string of the molecule is N#Cc1ccc(-n2c3ccccc3c3cc(-c4ccc5c(c4)c4ccccc4n5-c4ccc(C#N)c(C#N)c4)ccc32)cc1C#N. The average molecular weight is 585 g/mol. The summed E-state index contributed by atoms with van der Waals surface area (Å²) < 4.78 is 4.28. The molecule has 0 amide bonds. The lowest BCUT2D eigenvalue weighted by molar-refractivity contribution is 1.17. The van der Waals surface area contributed by atoms with Gasteiger partial charge < -0.3 is 9.13 Å². The van der Waals surface area contributed by atoms with Crippen molar-refractivity contribution in [3.05, 3.63) is 144 Å². The summed E-state index contributed by atoms with van der Waals surface area (Å²) in [5.74, 6) is 0. The van der Waals surface area contributed by atoms with Gasteiger partial charge in [0.05, 0.1) is 44.3 Å². The van der Waals surface area contributed by atoms with E-state index in [9.17, 15) is 21.0 Å². The van der Waals surface area contributed by atoms with Crippen molar-refractivity contribution in [2.24, 2.45) is 0 Å². The molecule has 0 atom stereocenters. The minimum absolute atomic E-state index is 0.347. The normalized spacial score (nSPS) is 11.0. The van der Waals surface area contributed by atoms with E-state index in [0.29, 0.717) is 22.3 Å². The fraction of sp³-hybridized carbons (Fsp3) is 0. The highest BCUT2D eigenvalue weighted by Gasteiger charge is 2.17. The fourth-order valence-electron chi connectivity index (χ4n) is 6.58. The number of para-hydroxylation sites is 2. The molecule has 2 aromatic heterocycles. The van der Waals surface area contributed by atoms with Gasteiger partial charge in [-0.3, -0.25) is 0 Å². The monoisotopic (exact) mass is 584 g/mol. The molecule has 46 heavy (non-hydrogen) atoms. The number of nitriles is 4. The molecule has 2 heterocycles. The molecule has 8 rings (SSSR count). The molecule has 0 radical (unpaired) electrons. The molecule has 8 aromatic rings. The van der Waals surface area contributed by atoms with Crippen LogP contribution in [0.2, 0.25) is 0 Å². The van der Waals surface area contributed by atoms with Crippen LogP contribution in [0.4, 0.5) is 0 Å². The summed E-state index contributed by atoms with van der Waals surface area (Å²) in [6.07, 6.45) is 0. The van der Waals surface area contributed by atoms with Crippen LogP contribution in [0.1, 0.15) is 22.3 Å². The highest BCUT2D eigenvalue weighted by molar-refractivity contribution is 6.12. The molecule has 0 bridgehead atoms. The topological polar surface area (TPSA) is 105 Å². The fourth-order valence-corrected chi connectivity index (χ4v) is 6.58. The van der Waals surface area contributed by atoms with Crippen LogP contribution >= 0.6 is 0 Å². The van der Waals surface area contributed by atoms with Crippen LogP contribution in [-0.2, 0) is 0 Å². The van der Waals surface area contributed by atoms with Crippen molar-refractivity contribution in [2.45, 2.75) is 0 Å². The molecular formula is C40H20N6. The maximum atomic E-state index is 9.68. The lowest BCUT2D eigenvalue weighted by Crippen LogP contribution is -1.96. The van der Waals surface area contributed by atoms with E-state index >= 15 is 0 Å². The van der Waals surface area contributed by atoms with E-state index in [1.807, 2.05) is 36.4 Å². The second-order valence-electron chi connectivity index (χ2n) is 11.1. The first kappa shape index (κ1) is 26.5. The van der Waals surface area contributed by atoms with Crippen molar-refractivity contribution in [1.82, 2.24) is 9.13 Å². The van der Waals surface area contributed by atoms with Gasteiger partial charge in [0.15, 0.2) is 0 Å². The Kier molecular flexibility index (Phi) is 5.91. The van der Waals surface area contributed by atoms with Gasteiger partial charge in [0.2, 0.25) is 0 Å². The zero-order valence-electron chi connectivity index (χ0n) is 24.2. The Morgan fingerprint density at radius 2 is 0.739 bits per heavy atom. The van der Waals surface area contributed by atoms with E-state index in [4.69, 9.17) is 0 Å². The van der Waals surface area contributed by atoms with E-state index < -0.39 is 0 Å². The predicted molar refractivity (Wildman–Crippen MR) is 179 cm³/mol. The number of fused-ring (bicyclic) bond motifs is 6. The van der Waals surface area contributed by atoms with Crippen molar-refractivity contribution in [2.75, 3.05) is 0 Å². The van der Waals surface area contributed by atoms with Crippen molar-refractivity contribution < 1.29 is 0 Å². The maximum absolute atomic E-state index is 9.68. The summed E-state index contributed by atoms with van der Waals surface area (Å²) in [5.41, 5.74) is 9.23. The number of benzene rings is 6. The largest absolute Gasteiger partial charge is 0.309 e. The van der Waals surface area contributed by atoms with Gasteiger partial charge >= 0.3 is 0 Å². The summed E-state index contributed by atoms with van der Waals surface area (Å²) in [6, 6.07) is 48.6. The third-order valence-electron chi connectivity index (χ3n) is 8.68. The Balaban J connectivity index is 1.32. The molecule has 0 fully saturated rings. The molecule has 210 valence electrons. The van der Waals surface area contributed by atoms with E-state index in [-0.39, 0.29) is 0 Å². The Morgan fingerprint density at radius 3 is 1.15 bits per heavy atom. The van der Waals surface area contributed by atoms with Gasteiger partial charge in [-0.15, -0.1) is 0 Å². The Hall–Kier alpha value is -7.12. The predicted octanol–water partition coefficient (Wildman–Crippen LogP) is 9.03. The molecule has 0 aliphatic carbocycles. The first-order valence-electron chi connectivity index (χ1n) is 14.6. The molecule has 0 N–H and O–H groups in total. The van der Waals surface area contributed by atoms with Gasteiger partial charge in [-0.25, -0.2) is 0 Å². The first-order valence-corrected chi connectivity index (χ1v) is 14.6. The number of rotatable bonds is 3. The van der Waals surface area contributed by atoms with Crippen LogP contribution in [0.15, 0.2) is 121 Å². The van der Waals surface area contributed by atoms with Crippen molar-refractivity contribution >= 4 is 43.6 Å². The lowest BCUT2D eigenvalue weighted by Gasteiger charge is -2.10. The third kappa shape index (κ3) is 3.86. The minimum atomic E-state index is 0.347.